The summed E-state index contributed by atoms with van der Waals surface area (Å²) in [5.41, 5.74) is 2.38. The topological polar surface area (TPSA) is 65.2 Å². The monoisotopic (exact) mass is 342 g/mol. The zero-order chi connectivity index (χ0) is 16.9. The maximum Gasteiger partial charge on any atom is 0.340 e. The van der Waals surface area contributed by atoms with Gasteiger partial charge in [0.2, 0.25) is 5.82 Å². The minimum Gasteiger partial charge on any atom is -0.452 e. The highest BCUT2D eigenvalue weighted by Crippen LogP contribution is 2.19. The Balaban J connectivity index is 1.66. The molecular weight excluding hydrogens is 328 g/mol. The second-order valence-corrected chi connectivity index (χ2v) is 5.53. The van der Waals surface area contributed by atoms with E-state index in [4.69, 9.17) is 20.9 Å². The van der Waals surface area contributed by atoms with Crippen LogP contribution in [0, 0.1) is 0 Å². The fourth-order valence-electron chi connectivity index (χ4n) is 2.15. The lowest BCUT2D eigenvalue weighted by atomic mass is 10.1. The highest BCUT2D eigenvalue weighted by atomic mass is 35.5. The molecule has 0 aliphatic heterocycles. The summed E-state index contributed by atoms with van der Waals surface area (Å²) in [6.45, 7) is 1.99. The Bertz CT molecular complexity index is 843. The summed E-state index contributed by atoms with van der Waals surface area (Å²) in [4.78, 5) is 16.2. The van der Waals surface area contributed by atoms with Gasteiger partial charge in [0.25, 0.3) is 5.89 Å². The molecule has 122 valence electrons. The minimum atomic E-state index is -0.535. The molecule has 24 heavy (non-hydrogen) atoms. The fourth-order valence-corrected chi connectivity index (χ4v) is 2.36. The number of carbonyl (C=O) groups excluding carboxylic acids is 1. The van der Waals surface area contributed by atoms with E-state index in [1.165, 1.54) is 5.56 Å². The third kappa shape index (κ3) is 3.63. The summed E-state index contributed by atoms with van der Waals surface area (Å²) >= 11 is 5.96. The number of benzene rings is 2. The predicted molar refractivity (Wildman–Crippen MR) is 89.7 cm³/mol. The zero-order valence-electron chi connectivity index (χ0n) is 13.0. The molecule has 0 amide bonds. The molecule has 0 N–H and O–H groups in total. The zero-order valence-corrected chi connectivity index (χ0v) is 13.8. The van der Waals surface area contributed by atoms with Gasteiger partial charge in [0.1, 0.15) is 0 Å². The number of hydrogen-bond acceptors (Lipinski definition) is 5. The SMILES string of the molecule is CCc1ccc(-c2noc(COC(=O)c3ccccc3Cl)n2)cc1. The van der Waals surface area contributed by atoms with Gasteiger partial charge in [0.05, 0.1) is 10.6 Å². The molecule has 0 aliphatic rings. The van der Waals surface area contributed by atoms with Crippen LogP contribution in [0.2, 0.25) is 5.02 Å². The molecule has 5 nitrogen and oxygen atoms in total. The van der Waals surface area contributed by atoms with Crippen LogP contribution >= 0.6 is 11.6 Å². The molecule has 2 aromatic carbocycles. The lowest BCUT2D eigenvalue weighted by Crippen LogP contribution is -2.06. The van der Waals surface area contributed by atoms with Crippen molar-refractivity contribution in [1.29, 1.82) is 0 Å². The van der Waals surface area contributed by atoms with E-state index in [0.29, 0.717) is 16.4 Å². The molecule has 0 atom stereocenters. The Hall–Kier alpha value is -2.66. The molecular formula is C18H15ClN2O3. The molecule has 0 fully saturated rings. The van der Waals surface area contributed by atoms with Crippen LogP contribution in [0.3, 0.4) is 0 Å². The lowest BCUT2D eigenvalue weighted by Gasteiger charge is -2.03. The number of ether oxygens (including phenoxy) is 1. The minimum absolute atomic E-state index is 0.107. The van der Waals surface area contributed by atoms with Crippen LogP contribution in [-0.2, 0) is 17.8 Å². The summed E-state index contributed by atoms with van der Waals surface area (Å²) in [7, 11) is 0. The Morgan fingerprint density at radius 1 is 1.17 bits per heavy atom. The highest BCUT2D eigenvalue weighted by Gasteiger charge is 2.14. The van der Waals surface area contributed by atoms with Crippen LogP contribution in [0.5, 0.6) is 0 Å². The first kappa shape index (κ1) is 16.2. The largest absolute Gasteiger partial charge is 0.452 e. The van der Waals surface area contributed by atoms with Crippen LogP contribution in [0.4, 0.5) is 0 Å². The lowest BCUT2D eigenvalue weighted by molar-refractivity contribution is 0.0430. The standard InChI is InChI=1S/C18H15ClN2O3/c1-2-12-7-9-13(10-8-12)17-20-16(24-21-17)11-23-18(22)14-5-3-4-6-15(14)19/h3-10H,2,11H2,1H3. The van der Waals surface area contributed by atoms with Gasteiger partial charge < -0.3 is 9.26 Å². The van der Waals surface area contributed by atoms with Gasteiger partial charge in [-0.15, -0.1) is 0 Å². The van der Waals surface area contributed by atoms with Gasteiger partial charge in [0.15, 0.2) is 6.61 Å². The van der Waals surface area contributed by atoms with E-state index in [1.54, 1.807) is 24.3 Å². The molecule has 3 rings (SSSR count). The Labute approximate surface area is 144 Å². The number of rotatable bonds is 5. The molecule has 6 heteroatoms. The highest BCUT2D eigenvalue weighted by molar-refractivity contribution is 6.33. The van der Waals surface area contributed by atoms with Crippen molar-refractivity contribution < 1.29 is 14.1 Å². The molecule has 1 heterocycles. The molecule has 0 saturated heterocycles. The molecule has 0 radical (unpaired) electrons. The van der Waals surface area contributed by atoms with Crippen LogP contribution < -0.4 is 0 Å². The van der Waals surface area contributed by atoms with Crippen molar-refractivity contribution in [1.82, 2.24) is 10.1 Å². The van der Waals surface area contributed by atoms with Crippen LogP contribution in [-0.4, -0.2) is 16.1 Å². The average Bonchev–Trinajstić information content (AvgIpc) is 3.09. The van der Waals surface area contributed by atoms with E-state index in [1.807, 2.05) is 24.3 Å². The van der Waals surface area contributed by atoms with Crippen molar-refractivity contribution in [2.24, 2.45) is 0 Å². The Morgan fingerprint density at radius 3 is 2.62 bits per heavy atom. The van der Waals surface area contributed by atoms with Crippen molar-refractivity contribution in [3.8, 4) is 11.4 Å². The molecule has 0 bridgehead atoms. The van der Waals surface area contributed by atoms with Gasteiger partial charge in [0, 0.05) is 5.56 Å². The summed E-state index contributed by atoms with van der Waals surface area (Å²) in [6.07, 6.45) is 0.968. The second-order valence-electron chi connectivity index (χ2n) is 5.12. The number of aryl methyl sites for hydroxylation is 1. The quantitative estimate of drug-likeness (QED) is 0.646. The molecule has 0 aliphatic carbocycles. The number of carbonyl (C=O) groups is 1. The maximum atomic E-state index is 12.0. The van der Waals surface area contributed by atoms with Crippen LogP contribution in [0.25, 0.3) is 11.4 Å². The molecule has 3 aromatic rings. The molecule has 0 spiro atoms. The second kappa shape index (κ2) is 7.27. The Kier molecular flexibility index (Phi) is 4.91. The number of hydrogen-bond donors (Lipinski definition) is 0. The fraction of sp³-hybridized carbons (Fsp3) is 0.167. The van der Waals surface area contributed by atoms with Crippen molar-refractivity contribution in [3.05, 3.63) is 70.6 Å². The molecule has 0 unspecified atom stereocenters. The van der Waals surface area contributed by atoms with Gasteiger partial charge in [-0.1, -0.05) is 60.1 Å². The van der Waals surface area contributed by atoms with E-state index in [-0.39, 0.29) is 12.5 Å². The summed E-state index contributed by atoms with van der Waals surface area (Å²) < 4.78 is 10.3. The van der Waals surface area contributed by atoms with Gasteiger partial charge in [-0.05, 0) is 24.1 Å². The summed E-state index contributed by atoms with van der Waals surface area (Å²) in [6, 6.07) is 14.6. The Morgan fingerprint density at radius 2 is 1.92 bits per heavy atom. The number of esters is 1. The van der Waals surface area contributed by atoms with E-state index in [9.17, 15) is 4.79 Å². The maximum absolute atomic E-state index is 12.0. The summed E-state index contributed by atoms with van der Waals surface area (Å²) in [5, 5.41) is 4.24. The van der Waals surface area contributed by atoms with E-state index in [2.05, 4.69) is 17.1 Å². The van der Waals surface area contributed by atoms with E-state index >= 15 is 0 Å². The van der Waals surface area contributed by atoms with E-state index in [0.717, 1.165) is 12.0 Å². The van der Waals surface area contributed by atoms with Gasteiger partial charge in [-0.25, -0.2) is 4.79 Å². The van der Waals surface area contributed by atoms with Crippen molar-refractivity contribution >= 4 is 17.6 Å². The van der Waals surface area contributed by atoms with Crippen molar-refractivity contribution in [3.63, 3.8) is 0 Å². The van der Waals surface area contributed by atoms with E-state index < -0.39 is 5.97 Å². The van der Waals surface area contributed by atoms with Crippen molar-refractivity contribution in [2.45, 2.75) is 20.0 Å². The third-order valence-corrected chi connectivity index (χ3v) is 3.84. The normalized spacial score (nSPS) is 10.6. The first-order chi connectivity index (χ1) is 11.7. The van der Waals surface area contributed by atoms with Crippen LogP contribution in [0.1, 0.15) is 28.7 Å². The van der Waals surface area contributed by atoms with Crippen molar-refractivity contribution in [2.75, 3.05) is 0 Å². The predicted octanol–water partition coefficient (Wildman–Crippen LogP) is 4.31. The number of nitrogens with zero attached hydrogens (tertiary/aromatic N) is 2. The summed E-state index contributed by atoms with van der Waals surface area (Å²) in [5.74, 6) is 0.152. The molecule has 0 saturated carbocycles. The van der Waals surface area contributed by atoms with Gasteiger partial charge >= 0.3 is 5.97 Å². The smallest absolute Gasteiger partial charge is 0.340 e. The average molecular weight is 343 g/mol. The number of halogens is 1. The van der Waals surface area contributed by atoms with Crippen LogP contribution in [0.15, 0.2) is 53.1 Å². The first-order valence-electron chi connectivity index (χ1n) is 7.51. The number of aromatic nitrogens is 2. The third-order valence-electron chi connectivity index (χ3n) is 3.51. The first-order valence-corrected chi connectivity index (χ1v) is 7.88. The molecule has 1 aromatic heterocycles. The van der Waals surface area contributed by atoms with Gasteiger partial charge in [-0.2, -0.15) is 4.98 Å². The van der Waals surface area contributed by atoms with Gasteiger partial charge in [-0.3, -0.25) is 0 Å².